The Morgan fingerprint density at radius 2 is 1.85 bits per heavy atom. The normalized spacial score (nSPS) is 21.4. The quantitative estimate of drug-likeness (QED) is 0.606. The van der Waals surface area contributed by atoms with E-state index in [-0.39, 0.29) is 12.0 Å². The van der Waals surface area contributed by atoms with Crippen molar-refractivity contribution in [3.8, 4) is 0 Å². The number of nitrogens with one attached hydrogen (secondary N) is 1. The Hall–Kier alpha value is -1.83. The third kappa shape index (κ3) is 5.04. The minimum absolute atomic E-state index is 0.0858. The van der Waals surface area contributed by atoms with Gasteiger partial charge in [-0.15, -0.1) is 0 Å². The molecule has 20 heavy (non-hydrogen) atoms. The zero-order valence-electron chi connectivity index (χ0n) is 11.4. The molecule has 2 unspecified atom stereocenters. The van der Waals surface area contributed by atoms with Crippen molar-refractivity contribution < 1.29 is 29.3 Å². The number of aliphatic carboxylic acids is 2. The standard InChI is InChI=1S/C12H20N2O6/c1-2-9-8(3-4-20-9)5-13-12(19)14(6-10(15)16)7-11(17)18/h8-9H,2-7H2,1H3,(H,13,19)(H,15,16)(H,17,18). The number of carboxylic acid groups (broad SMARTS) is 2. The molecule has 0 aromatic carbocycles. The van der Waals surface area contributed by atoms with E-state index >= 15 is 0 Å². The van der Waals surface area contributed by atoms with Crippen LogP contribution in [0.1, 0.15) is 19.8 Å². The summed E-state index contributed by atoms with van der Waals surface area (Å²) in [4.78, 5) is 33.8. The largest absolute Gasteiger partial charge is 0.480 e. The monoisotopic (exact) mass is 288 g/mol. The van der Waals surface area contributed by atoms with Crippen molar-refractivity contribution >= 4 is 18.0 Å². The van der Waals surface area contributed by atoms with Gasteiger partial charge in [-0.3, -0.25) is 9.59 Å². The van der Waals surface area contributed by atoms with E-state index in [0.717, 1.165) is 17.7 Å². The molecule has 3 N–H and O–H groups in total. The molecule has 8 heteroatoms. The molecule has 8 nitrogen and oxygen atoms in total. The van der Waals surface area contributed by atoms with Crippen molar-refractivity contribution in [2.45, 2.75) is 25.9 Å². The van der Waals surface area contributed by atoms with Gasteiger partial charge in [0, 0.05) is 19.1 Å². The first-order chi connectivity index (χ1) is 9.43. The van der Waals surface area contributed by atoms with E-state index < -0.39 is 31.1 Å². The van der Waals surface area contributed by atoms with E-state index in [1.54, 1.807) is 0 Å². The van der Waals surface area contributed by atoms with Crippen molar-refractivity contribution in [2.24, 2.45) is 5.92 Å². The number of carbonyl (C=O) groups is 3. The number of hydrogen-bond donors (Lipinski definition) is 3. The smallest absolute Gasteiger partial charge is 0.323 e. The molecule has 0 aromatic heterocycles. The van der Waals surface area contributed by atoms with Crippen molar-refractivity contribution in [1.82, 2.24) is 10.2 Å². The molecule has 2 atom stereocenters. The zero-order chi connectivity index (χ0) is 15.1. The van der Waals surface area contributed by atoms with Crippen LogP contribution < -0.4 is 5.32 Å². The first kappa shape index (κ1) is 16.2. The average Bonchev–Trinajstić information content (AvgIpc) is 2.81. The summed E-state index contributed by atoms with van der Waals surface area (Å²) in [5.41, 5.74) is 0. The van der Waals surface area contributed by atoms with Crippen LogP contribution in [0.4, 0.5) is 4.79 Å². The topological polar surface area (TPSA) is 116 Å². The Bertz CT molecular complexity index is 357. The van der Waals surface area contributed by atoms with Crippen LogP contribution >= 0.6 is 0 Å². The second kappa shape index (κ2) is 7.68. The summed E-state index contributed by atoms with van der Waals surface area (Å²) in [5.74, 6) is -2.32. The lowest BCUT2D eigenvalue weighted by atomic mass is 10.00. The molecule has 1 heterocycles. The first-order valence-electron chi connectivity index (χ1n) is 6.52. The second-order valence-electron chi connectivity index (χ2n) is 4.70. The van der Waals surface area contributed by atoms with Crippen molar-refractivity contribution in [3.63, 3.8) is 0 Å². The highest BCUT2D eigenvalue weighted by Gasteiger charge is 2.28. The third-order valence-electron chi connectivity index (χ3n) is 3.20. The third-order valence-corrected chi connectivity index (χ3v) is 3.20. The molecule has 0 bridgehead atoms. The molecule has 0 aromatic rings. The summed E-state index contributed by atoms with van der Waals surface area (Å²) in [5, 5.41) is 19.9. The number of urea groups is 1. The van der Waals surface area contributed by atoms with Crippen LogP contribution in [0, 0.1) is 5.92 Å². The molecule has 0 radical (unpaired) electrons. The fourth-order valence-electron chi connectivity index (χ4n) is 2.23. The van der Waals surface area contributed by atoms with Gasteiger partial charge in [-0.25, -0.2) is 4.79 Å². The Balaban J connectivity index is 2.48. The van der Waals surface area contributed by atoms with Crippen LogP contribution in [0.5, 0.6) is 0 Å². The summed E-state index contributed by atoms with van der Waals surface area (Å²) >= 11 is 0. The Morgan fingerprint density at radius 3 is 2.35 bits per heavy atom. The minimum atomic E-state index is -1.25. The predicted octanol–water partition coefficient (Wildman–Crippen LogP) is -0.0177. The van der Waals surface area contributed by atoms with Crippen LogP contribution in [0.15, 0.2) is 0 Å². The SMILES string of the molecule is CCC1OCCC1CNC(=O)N(CC(=O)O)CC(=O)O. The number of ether oxygens (including phenoxy) is 1. The molecule has 0 saturated carbocycles. The van der Waals surface area contributed by atoms with Gasteiger partial charge >= 0.3 is 18.0 Å². The van der Waals surface area contributed by atoms with E-state index in [4.69, 9.17) is 14.9 Å². The summed E-state index contributed by atoms with van der Waals surface area (Å²) in [6, 6.07) is -0.684. The second-order valence-corrected chi connectivity index (χ2v) is 4.70. The lowest BCUT2D eigenvalue weighted by Gasteiger charge is -2.22. The van der Waals surface area contributed by atoms with Crippen LogP contribution in [-0.2, 0) is 14.3 Å². The molecule has 1 saturated heterocycles. The van der Waals surface area contributed by atoms with Gasteiger partial charge < -0.3 is 25.2 Å². The van der Waals surface area contributed by atoms with Gasteiger partial charge in [-0.2, -0.15) is 0 Å². The Labute approximate surface area is 116 Å². The maximum absolute atomic E-state index is 11.8. The van der Waals surface area contributed by atoms with Gasteiger partial charge in [-0.1, -0.05) is 6.92 Å². The van der Waals surface area contributed by atoms with E-state index in [1.165, 1.54) is 0 Å². The summed E-state index contributed by atoms with van der Waals surface area (Å²) in [6.45, 7) is 1.71. The fraction of sp³-hybridized carbons (Fsp3) is 0.750. The molecule has 1 rings (SSSR count). The Kier molecular flexibility index (Phi) is 6.23. The number of carboxylic acids is 2. The highest BCUT2D eigenvalue weighted by molar-refractivity contribution is 5.84. The highest BCUT2D eigenvalue weighted by atomic mass is 16.5. The van der Waals surface area contributed by atoms with Gasteiger partial charge in [0.25, 0.3) is 0 Å². The summed E-state index contributed by atoms with van der Waals surface area (Å²) in [7, 11) is 0. The molecule has 1 aliphatic rings. The van der Waals surface area contributed by atoms with Crippen LogP contribution in [-0.4, -0.2) is 65.4 Å². The van der Waals surface area contributed by atoms with Crippen molar-refractivity contribution in [3.05, 3.63) is 0 Å². The van der Waals surface area contributed by atoms with E-state index in [2.05, 4.69) is 5.32 Å². The van der Waals surface area contributed by atoms with Gasteiger partial charge in [0.1, 0.15) is 13.1 Å². The number of carbonyl (C=O) groups excluding carboxylic acids is 1. The first-order valence-corrected chi connectivity index (χ1v) is 6.52. The van der Waals surface area contributed by atoms with Gasteiger partial charge in [0.15, 0.2) is 0 Å². The molecule has 1 aliphatic heterocycles. The molecule has 2 amide bonds. The maximum Gasteiger partial charge on any atom is 0.323 e. The lowest BCUT2D eigenvalue weighted by Crippen LogP contribution is -2.47. The van der Waals surface area contributed by atoms with Gasteiger partial charge in [0.05, 0.1) is 6.10 Å². The van der Waals surface area contributed by atoms with Crippen LogP contribution in [0.3, 0.4) is 0 Å². The van der Waals surface area contributed by atoms with E-state index in [0.29, 0.717) is 13.2 Å². The van der Waals surface area contributed by atoms with Crippen molar-refractivity contribution in [1.29, 1.82) is 0 Å². The van der Waals surface area contributed by atoms with Gasteiger partial charge in [0.2, 0.25) is 0 Å². The Morgan fingerprint density at radius 1 is 1.25 bits per heavy atom. The molecular formula is C12H20N2O6. The van der Waals surface area contributed by atoms with E-state index in [9.17, 15) is 14.4 Å². The molecule has 114 valence electrons. The van der Waals surface area contributed by atoms with E-state index in [1.807, 2.05) is 6.92 Å². The summed E-state index contributed by atoms with van der Waals surface area (Å²) in [6.07, 6.45) is 1.76. The zero-order valence-corrected chi connectivity index (χ0v) is 11.4. The molecular weight excluding hydrogens is 268 g/mol. The minimum Gasteiger partial charge on any atom is -0.480 e. The molecule has 0 aliphatic carbocycles. The average molecular weight is 288 g/mol. The lowest BCUT2D eigenvalue weighted by molar-refractivity contribution is -0.140. The number of nitrogens with zero attached hydrogens (tertiary/aromatic N) is 1. The van der Waals surface area contributed by atoms with Crippen LogP contribution in [0.25, 0.3) is 0 Å². The highest BCUT2D eigenvalue weighted by Crippen LogP contribution is 2.22. The number of amides is 2. The fourth-order valence-corrected chi connectivity index (χ4v) is 2.23. The van der Waals surface area contributed by atoms with Gasteiger partial charge in [-0.05, 0) is 12.8 Å². The number of hydrogen-bond acceptors (Lipinski definition) is 4. The molecule has 1 fully saturated rings. The summed E-state index contributed by atoms with van der Waals surface area (Å²) < 4.78 is 5.48. The molecule has 0 spiro atoms. The predicted molar refractivity (Wildman–Crippen MR) is 68.4 cm³/mol. The number of rotatable bonds is 7. The van der Waals surface area contributed by atoms with Crippen molar-refractivity contribution in [2.75, 3.05) is 26.2 Å². The van der Waals surface area contributed by atoms with Crippen LogP contribution in [0.2, 0.25) is 0 Å². The maximum atomic E-state index is 11.8.